The van der Waals surface area contributed by atoms with Crippen LogP contribution in [0.3, 0.4) is 0 Å². The summed E-state index contributed by atoms with van der Waals surface area (Å²) in [5.74, 6) is 0. The van der Waals surface area contributed by atoms with Gasteiger partial charge in [-0.2, -0.15) is 0 Å². The van der Waals surface area contributed by atoms with Crippen LogP contribution < -0.4 is 0 Å². The quantitative estimate of drug-likeness (QED) is 0.576. The molecule has 80 valence electrons. The number of nitrogens with zero attached hydrogens (tertiary/aromatic N) is 1. The second kappa shape index (κ2) is 4.71. The summed E-state index contributed by atoms with van der Waals surface area (Å²) < 4.78 is 0. The van der Waals surface area contributed by atoms with Crippen molar-refractivity contribution in [3.8, 4) is 0 Å². The number of rotatable bonds is 3. The molecule has 2 aromatic rings. The smallest absolute Gasteiger partial charge is 0.146 e. The van der Waals surface area contributed by atoms with E-state index < -0.39 is 0 Å². The molecule has 1 aromatic heterocycles. The zero-order valence-corrected chi connectivity index (χ0v) is 9.18. The van der Waals surface area contributed by atoms with Crippen molar-refractivity contribution in [2.45, 2.75) is 13.3 Å². The van der Waals surface area contributed by atoms with Crippen molar-refractivity contribution in [1.29, 1.82) is 0 Å². The van der Waals surface area contributed by atoms with E-state index in [1.165, 1.54) is 0 Å². The van der Waals surface area contributed by atoms with Gasteiger partial charge in [-0.25, -0.2) is 4.98 Å². The van der Waals surface area contributed by atoms with Crippen molar-refractivity contribution in [2.75, 3.05) is 0 Å². The summed E-state index contributed by atoms with van der Waals surface area (Å²) in [7, 11) is 0. The number of aromatic nitrogens is 1. The number of hydrogen-bond donors (Lipinski definition) is 0. The largest absolute Gasteiger partial charge is 0.298 e. The predicted octanol–water partition coefficient (Wildman–Crippen LogP) is 3.23. The van der Waals surface area contributed by atoms with E-state index in [9.17, 15) is 4.79 Å². The average molecular weight is 211 g/mol. The molecule has 0 aliphatic carbocycles. The second-order valence-corrected chi connectivity index (χ2v) is 3.62. The standard InChI is InChI=1S/C14H13NO/c1-2-11(10-16)9-13-8-7-12-5-3-4-6-14(12)15-13/h3-10H,2H2,1H3. The Bertz CT molecular complexity index is 543. The van der Waals surface area contributed by atoms with Crippen molar-refractivity contribution in [1.82, 2.24) is 4.98 Å². The van der Waals surface area contributed by atoms with Crippen molar-refractivity contribution in [2.24, 2.45) is 0 Å². The lowest BCUT2D eigenvalue weighted by molar-refractivity contribution is -0.104. The average Bonchev–Trinajstić information content (AvgIpc) is 2.35. The molecule has 0 saturated heterocycles. The Hall–Kier alpha value is -1.96. The maximum absolute atomic E-state index is 10.7. The molecule has 2 heteroatoms. The molecule has 0 unspecified atom stereocenters. The molecule has 1 heterocycles. The molecule has 0 atom stereocenters. The van der Waals surface area contributed by atoms with Crippen LogP contribution in [0.25, 0.3) is 17.0 Å². The minimum Gasteiger partial charge on any atom is -0.298 e. The topological polar surface area (TPSA) is 30.0 Å². The Labute approximate surface area is 94.6 Å². The number of carbonyl (C=O) groups excluding carboxylic acids is 1. The van der Waals surface area contributed by atoms with Gasteiger partial charge in [-0.15, -0.1) is 0 Å². The lowest BCUT2D eigenvalue weighted by atomic mass is 10.1. The van der Waals surface area contributed by atoms with Crippen LogP contribution in [0.2, 0.25) is 0 Å². The van der Waals surface area contributed by atoms with E-state index in [-0.39, 0.29) is 0 Å². The van der Waals surface area contributed by atoms with Gasteiger partial charge in [0.25, 0.3) is 0 Å². The first-order chi connectivity index (χ1) is 7.83. The van der Waals surface area contributed by atoms with E-state index in [2.05, 4.69) is 4.98 Å². The summed E-state index contributed by atoms with van der Waals surface area (Å²) in [6.07, 6.45) is 3.45. The lowest BCUT2D eigenvalue weighted by Gasteiger charge is -1.99. The van der Waals surface area contributed by atoms with Crippen molar-refractivity contribution < 1.29 is 4.79 Å². The molecule has 0 bridgehead atoms. The van der Waals surface area contributed by atoms with Crippen molar-refractivity contribution >= 4 is 23.3 Å². The van der Waals surface area contributed by atoms with E-state index in [0.29, 0.717) is 0 Å². The molecular weight excluding hydrogens is 198 g/mol. The van der Waals surface area contributed by atoms with Gasteiger partial charge in [0, 0.05) is 5.39 Å². The highest BCUT2D eigenvalue weighted by molar-refractivity contribution is 5.83. The third-order valence-corrected chi connectivity index (χ3v) is 2.51. The number of para-hydroxylation sites is 1. The van der Waals surface area contributed by atoms with E-state index in [1.54, 1.807) is 0 Å². The molecule has 0 spiro atoms. The molecule has 0 N–H and O–H groups in total. The first-order valence-electron chi connectivity index (χ1n) is 5.35. The summed E-state index contributed by atoms with van der Waals surface area (Å²) in [5, 5.41) is 1.11. The fourth-order valence-corrected chi connectivity index (χ4v) is 1.57. The number of allylic oxidation sites excluding steroid dienone is 1. The molecule has 0 fully saturated rings. The Balaban J connectivity index is 2.47. The molecule has 2 rings (SSSR count). The monoisotopic (exact) mass is 211 g/mol. The van der Waals surface area contributed by atoms with Gasteiger partial charge in [0.2, 0.25) is 0 Å². The fourth-order valence-electron chi connectivity index (χ4n) is 1.57. The van der Waals surface area contributed by atoms with E-state index >= 15 is 0 Å². The van der Waals surface area contributed by atoms with Gasteiger partial charge in [0.05, 0.1) is 11.2 Å². The Morgan fingerprint density at radius 1 is 1.25 bits per heavy atom. The normalized spacial score (nSPS) is 11.7. The zero-order valence-electron chi connectivity index (χ0n) is 9.18. The van der Waals surface area contributed by atoms with Crippen LogP contribution in [-0.2, 0) is 4.79 Å². The summed E-state index contributed by atoms with van der Waals surface area (Å²) in [5.41, 5.74) is 2.56. The van der Waals surface area contributed by atoms with E-state index in [0.717, 1.165) is 34.9 Å². The Morgan fingerprint density at radius 2 is 2.06 bits per heavy atom. The van der Waals surface area contributed by atoms with Crippen molar-refractivity contribution in [3.63, 3.8) is 0 Å². The molecule has 0 aliphatic heterocycles. The molecule has 1 aromatic carbocycles. The highest BCUT2D eigenvalue weighted by Gasteiger charge is 1.97. The van der Waals surface area contributed by atoms with Crippen LogP contribution >= 0.6 is 0 Å². The van der Waals surface area contributed by atoms with Crippen LogP contribution in [0.1, 0.15) is 19.0 Å². The number of hydrogen-bond acceptors (Lipinski definition) is 2. The van der Waals surface area contributed by atoms with Crippen LogP contribution in [0.4, 0.5) is 0 Å². The number of benzene rings is 1. The highest BCUT2D eigenvalue weighted by atomic mass is 16.1. The van der Waals surface area contributed by atoms with Gasteiger partial charge in [0.1, 0.15) is 6.29 Å². The van der Waals surface area contributed by atoms with Gasteiger partial charge >= 0.3 is 0 Å². The summed E-state index contributed by atoms with van der Waals surface area (Å²) >= 11 is 0. The van der Waals surface area contributed by atoms with Crippen LogP contribution in [-0.4, -0.2) is 11.3 Å². The van der Waals surface area contributed by atoms with Crippen LogP contribution in [0, 0.1) is 0 Å². The Kier molecular flexibility index (Phi) is 3.10. The van der Waals surface area contributed by atoms with Gasteiger partial charge < -0.3 is 0 Å². The van der Waals surface area contributed by atoms with E-state index in [4.69, 9.17) is 0 Å². The molecule has 0 radical (unpaired) electrons. The second-order valence-electron chi connectivity index (χ2n) is 3.62. The number of pyridine rings is 1. The van der Waals surface area contributed by atoms with E-state index in [1.807, 2.05) is 49.4 Å². The third-order valence-electron chi connectivity index (χ3n) is 2.51. The summed E-state index contributed by atoms with van der Waals surface area (Å²) in [6, 6.07) is 11.9. The first-order valence-corrected chi connectivity index (χ1v) is 5.35. The third kappa shape index (κ3) is 2.16. The van der Waals surface area contributed by atoms with Crippen LogP contribution in [0.5, 0.6) is 0 Å². The molecule has 0 saturated carbocycles. The number of fused-ring (bicyclic) bond motifs is 1. The summed E-state index contributed by atoms with van der Waals surface area (Å²) in [4.78, 5) is 15.2. The van der Waals surface area contributed by atoms with Crippen molar-refractivity contribution in [3.05, 3.63) is 47.7 Å². The molecule has 0 aliphatic rings. The lowest BCUT2D eigenvalue weighted by Crippen LogP contribution is -1.86. The predicted molar refractivity (Wildman–Crippen MR) is 66.1 cm³/mol. The molecule has 2 nitrogen and oxygen atoms in total. The fraction of sp³-hybridized carbons (Fsp3) is 0.143. The highest BCUT2D eigenvalue weighted by Crippen LogP contribution is 2.13. The SMILES string of the molecule is CCC(C=O)=Cc1ccc2ccccc2n1. The first kappa shape index (κ1) is 10.6. The molecule has 0 amide bonds. The van der Waals surface area contributed by atoms with Gasteiger partial charge in [-0.05, 0) is 30.2 Å². The molecule has 16 heavy (non-hydrogen) atoms. The number of aldehydes is 1. The maximum Gasteiger partial charge on any atom is 0.146 e. The minimum atomic E-state index is 0.734. The summed E-state index contributed by atoms with van der Waals surface area (Å²) in [6.45, 7) is 1.96. The number of carbonyl (C=O) groups is 1. The van der Waals surface area contributed by atoms with Gasteiger partial charge in [0.15, 0.2) is 0 Å². The van der Waals surface area contributed by atoms with Gasteiger partial charge in [-0.3, -0.25) is 4.79 Å². The minimum absolute atomic E-state index is 0.734. The maximum atomic E-state index is 10.7. The Morgan fingerprint density at radius 3 is 2.81 bits per heavy atom. The zero-order chi connectivity index (χ0) is 11.4. The molecular formula is C14H13NO. The van der Waals surface area contributed by atoms with Crippen LogP contribution in [0.15, 0.2) is 42.0 Å². The van der Waals surface area contributed by atoms with Gasteiger partial charge in [-0.1, -0.05) is 31.2 Å².